The number of ether oxygens (including phenoxy) is 1. The van der Waals surface area contributed by atoms with Crippen LogP contribution in [0.2, 0.25) is 0 Å². The quantitative estimate of drug-likeness (QED) is 0.730. The lowest BCUT2D eigenvalue weighted by molar-refractivity contribution is 0.0607. The number of aromatic nitrogens is 4. The van der Waals surface area contributed by atoms with Gasteiger partial charge in [0.2, 0.25) is 0 Å². The molecule has 2 aliphatic rings. The van der Waals surface area contributed by atoms with Gasteiger partial charge in [0, 0.05) is 39.3 Å². The highest BCUT2D eigenvalue weighted by Crippen LogP contribution is 2.28. The Morgan fingerprint density at radius 3 is 2.57 bits per heavy atom. The highest BCUT2D eigenvalue weighted by Gasteiger charge is 2.32. The summed E-state index contributed by atoms with van der Waals surface area (Å²) in [6.45, 7) is 11.4. The lowest BCUT2D eigenvalue weighted by Crippen LogP contribution is -2.48. The highest BCUT2D eigenvalue weighted by molar-refractivity contribution is 5.14. The summed E-state index contributed by atoms with van der Waals surface area (Å²) in [6.07, 6.45) is 2.49. The molecule has 2 aromatic rings. The van der Waals surface area contributed by atoms with Crippen LogP contribution in [0, 0.1) is 5.92 Å². The summed E-state index contributed by atoms with van der Waals surface area (Å²) in [6, 6.07) is 11.0. The summed E-state index contributed by atoms with van der Waals surface area (Å²) in [4.78, 5) is 5.10. The van der Waals surface area contributed by atoms with Crippen LogP contribution in [0.3, 0.4) is 0 Å². The van der Waals surface area contributed by atoms with Crippen molar-refractivity contribution in [2.45, 2.75) is 51.9 Å². The molecule has 3 heterocycles. The molecule has 1 aromatic heterocycles. The van der Waals surface area contributed by atoms with E-state index in [2.05, 4.69) is 69.5 Å². The molecular weight excluding hydrogens is 352 g/mol. The van der Waals surface area contributed by atoms with Gasteiger partial charge in [-0.2, -0.15) is 0 Å². The molecular formula is C21H32N6O. The lowest BCUT2D eigenvalue weighted by Gasteiger charge is -2.40. The van der Waals surface area contributed by atoms with Crippen LogP contribution in [0.15, 0.2) is 30.3 Å². The fraction of sp³-hybridized carbons (Fsp3) is 0.667. The molecule has 0 N–H and O–H groups in total. The molecule has 2 saturated heterocycles. The van der Waals surface area contributed by atoms with Crippen LogP contribution in [-0.2, 0) is 17.8 Å². The predicted molar refractivity (Wildman–Crippen MR) is 108 cm³/mol. The third-order valence-corrected chi connectivity index (χ3v) is 5.91. The van der Waals surface area contributed by atoms with Crippen LogP contribution in [0.5, 0.6) is 0 Å². The molecule has 2 aliphatic heterocycles. The molecule has 4 rings (SSSR count). The molecule has 2 atom stereocenters. The summed E-state index contributed by atoms with van der Waals surface area (Å²) in [5, 5.41) is 12.7. The summed E-state index contributed by atoms with van der Waals surface area (Å²) in [5.74, 6) is 1.44. The normalized spacial score (nSPS) is 22.8. The van der Waals surface area contributed by atoms with E-state index in [1.165, 1.54) is 5.56 Å². The number of hydrogen-bond donors (Lipinski definition) is 0. The molecule has 0 spiro atoms. The van der Waals surface area contributed by atoms with Gasteiger partial charge in [-0.25, -0.2) is 4.68 Å². The SMILES string of the molecule is CC(C)[C@H](c1nnnn1C[C@H]1CCCO1)N1CCN(Cc2ccccc2)CC1. The van der Waals surface area contributed by atoms with Crippen molar-refractivity contribution in [1.82, 2.24) is 30.0 Å². The molecule has 7 heteroatoms. The molecule has 0 amide bonds. The molecule has 0 bridgehead atoms. The van der Waals surface area contributed by atoms with Crippen molar-refractivity contribution < 1.29 is 4.74 Å². The summed E-state index contributed by atoms with van der Waals surface area (Å²) in [7, 11) is 0. The van der Waals surface area contributed by atoms with Gasteiger partial charge in [-0.05, 0) is 34.7 Å². The molecule has 28 heavy (non-hydrogen) atoms. The van der Waals surface area contributed by atoms with Crippen LogP contribution in [0.4, 0.5) is 0 Å². The third-order valence-electron chi connectivity index (χ3n) is 5.91. The van der Waals surface area contributed by atoms with Crippen molar-refractivity contribution in [2.75, 3.05) is 32.8 Å². The van der Waals surface area contributed by atoms with Crippen molar-refractivity contribution in [2.24, 2.45) is 5.92 Å². The maximum atomic E-state index is 5.80. The first-order valence-electron chi connectivity index (χ1n) is 10.6. The lowest BCUT2D eigenvalue weighted by atomic mass is 10.0. The number of hydrogen-bond acceptors (Lipinski definition) is 6. The number of benzene rings is 1. The average Bonchev–Trinajstić information content (AvgIpc) is 3.37. The molecule has 0 saturated carbocycles. The second-order valence-corrected chi connectivity index (χ2v) is 8.34. The van der Waals surface area contributed by atoms with Crippen molar-refractivity contribution in [1.29, 1.82) is 0 Å². The molecule has 1 aromatic carbocycles. The summed E-state index contributed by atoms with van der Waals surface area (Å²) >= 11 is 0. The van der Waals surface area contributed by atoms with E-state index in [4.69, 9.17) is 4.74 Å². The van der Waals surface area contributed by atoms with Crippen LogP contribution >= 0.6 is 0 Å². The van der Waals surface area contributed by atoms with E-state index < -0.39 is 0 Å². The zero-order valence-corrected chi connectivity index (χ0v) is 17.1. The van der Waals surface area contributed by atoms with E-state index >= 15 is 0 Å². The Hall–Kier alpha value is -1.83. The Morgan fingerprint density at radius 1 is 1.11 bits per heavy atom. The van der Waals surface area contributed by atoms with Crippen LogP contribution < -0.4 is 0 Å². The van der Waals surface area contributed by atoms with Crippen LogP contribution in [-0.4, -0.2) is 68.9 Å². The first kappa shape index (κ1) is 19.5. The predicted octanol–water partition coefficient (Wildman–Crippen LogP) is 2.37. The minimum Gasteiger partial charge on any atom is -0.376 e. The first-order chi connectivity index (χ1) is 13.7. The van der Waals surface area contributed by atoms with Crippen molar-refractivity contribution in [3.8, 4) is 0 Å². The fourth-order valence-corrected chi connectivity index (χ4v) is 4.46. The standard InChI is InChI=1S/C21H32N6O/c1-17(2)20(21-22-23-24-27(21)16-19-9-6-14-28-19)26-12-10-25(11-13-26)15-18-7-4-3-5-8-18/h3-5,7-8,17,19-20H,6,9-16H2,1-2H3/t19-,20-/m1/s1. The van der Waals surface area contributed by atoms with Crippen molar-refractivity contribution >= 4 is 0 Å². The van der Waals surface area contributed by atoms with Crippen molar-refractivity contribution in [3.05, 3.63) is 41.7 Å². The smallest absolute Gasteiger partial charge is 0.168 e. The molecule has 7 nitrogen and oxygen atoms in total. The van der Waals surface area contributed by atoms with E-state index in [0.717, 1.165) is 64.5 Å². The van der Waals surface area contributed by atoms with Gasteiger partial charge in [-0.15, -0.1) is 5.10 Å². The largest absolute Gasteiger partial charge is 0.376 e. The Balaban J connectivity index is 1.40. The summed E-state index contributed by atoms with van der Waals surface area (Å²) in [5.41, 5.74) is 1.39. The Labute approximate surface area is 167 Å². The maximum Gasteiger partial charge on any atom is 0.168 e. The number of tetrazole rings is 1. The Bertz CT molecular complexity index is 720. The Morgan fingerprint density at radius 2 is 1.89 bits per heavy atom. The van der Waals surface area contributed by atoms with E-state index in [1.54, 1.807) is 0 Å². The van der Waals surface area contributed by atoms with Crippen LogP contribution in [0.25, 0.3) is 0 Å². The zero-order chi connectivity index (χ0) is 19.3. The van der Waals surface area contributed by atoms with Gasteiger partial charge in [-0.1, -0.05) is 44.2 Å². The van der Waals surface area contributed by atoms with Gasteiger partial charge in [0.05, 0.1) is 18.7 Å². The minimum absolute atomic E-state index is 0.246. The fourth-order valence-electron chi connectivity index (χ4n) is 4.46. The maximum absolute atomic E-state index is 5.80. The van der Waals surface area contributed by atoms with Gasteiger partial charge in [-0.3, -0.25) is 9.80 Å². The van der Waals surface area contributed by atoms with Gasteiger partial charge < -0.3 is 4.74 Å². The zero-order valence-electron chi connectivity index (χ0n) is 17.1. The second kappa shape index (κ2) is 9.11. The Kier molecular flexibility index (Phi) is 6.34. The van der Waals surface area contributed by atoms with Gasteiger partial charge in [0.25, 0.3) is 0 Å². The average molecular weight is 385 g/mol. The van der Waals surface area contributed by atoms with E-state index in [-0.39, 0.29) is 12.1 Å². The van der Waals surface area contributed by atoms with Gasteiger partial charge in [0.1, 0.15) is 0 Å². The second-order valence-electron chi connectivity index (χ2n) is 8.34. The molecule has 2 fully saturated rings. The third kappa shape index (κ3) is 4.59. The number of nitrogens with zero attached hydrogens (tertiary/aromatic N) is 6. The molecule has 0 aliphatic carbocycles. The van der Waals surface area contributed by atoms with E-state index in [0.29, 0.717) is 5.92 Å². The topological polar surface area (TPSA) is 59.3 Å². The van der Waals surface area contributed by atoms with E-state index in [9.17, 15) is 0 Å². The molecule has 152 valence electrons. The molecule has 0 unspecified atom stereocenters. The van der Waals surface area contributed by atoms with Gasteiger partial charge in [0.15, 0.2) is 5.82 Å². The highest BCUT2D eigenvalue weighted by atomic mass is 16.5. The van der Waals surface area contributed by atoms with Crippen molar-refractivity contribution in [3.63, 3.8) is 0 Å². The number of rotatable bonds is 7. The molecule has 0 radical (unpaired) electrons. The summed E-state index contributed by atoms with van der Waals surface area (Å²) < 4.78 is 7.78. The van der Waals surface area contributed by atoms with Gasteiger partial charge >= 0.3 is 0 Å². The minimum atomic E-state index is 0.246. The monoisotopic (exact) mass is 384 g/mol. The van der Waals surface area contributed by atoms with E-state index in [1.807, 2.05) is 4.68 Å². The van der Waals surface area contributed by atoms with Crippen LogP contribution in [0.1, 0.15) is 44.1 Å². The first-order valence-corrected chi connectivity index (χ1v) is 10.6. The number of piperazine rings is 1.